The van der Waals surface area contributed by atoms with Crippen molar-refractivity contribution >= 4 is 11.6 Å². The van der Waals surface area contributed by atoms with Crippen molar-refractivity contribution in [2.24, 2.45) is 0 Å². The van der Waals surface area contributed by atoms with Gasteiger partial charge in [0.15, 0.2) is 0 Å². The van der Waals surface area contributed by atoms with E-state index in [1.54, 1.807) is 30.5 Å². The molecule has 2 aromatic carbocycles. The van der Waals surface area contributed by atoms with Gasteiger partial charge in [0.05, 0.1) is 23.6 Å². The Labute approximate surface area is 198 Å². The summed E-state index contributed by atoms with van der Waals surface area (Å²) in [6, 6.07) is 13.6. The monoisotopic (exact) mass is 482 g/mol. The molecule has 35 heavy (non-hydrogen) atoms. The van der Waals surface area contributed by atoms with Gasteiger partial charge in [0, 0.05) is 17.3 Å². The van der Waals surface area contributed by atoms with Gasteiger partial charge in [-0.15, -0.1) is 0 Å². The van der Waals surface area contributed by atoms with E-state index in [9.17, 15) is 22.8 Å². The Kier molecular flexibility index (Phi) is 6.21. The Morgan fingerprint density at radius 2 is 1.89 bits per heavy atom. The van der Waals surface area contributed by atoms with Crippen LogP contribution in [0.4, 0.5) is 18.9 Å². The second-order valence-electron chi connectivity index (χ2n) is 7.99. The van der Waals surface area contributed by atoms with Crippen molar-refractivity contribution in [1.29, 1.82) is 0 Å². The number of alkyl halides is 3. The molecule has 0 aliphatic rings. The van der Waals surface area contributed by atoms with Crippen molar-refractivity contribution in [2.45, 2.75) is 26.1 Å². The number of halogens is 3. The smallest absolute Gasteiger partial charge is 0.416 e. The number of hydrogen-bond donors (Lipinski definition) is 2. The predicted octanol–water partition coefficient (Wildman–Crippen LogP) is 4.89. The maximum Gasteiger partial charge on any atom is 0.416 e. The highest BCUT2D eigenvalue weighted by molar-refractivity contribution is 5.92. The van der Waals surface area contributed by atoms with Crippen LogP contribution in [0.25, 0.3) is 16.8 Å². The summed E-state index contributed by atoms with van der Waals surface area (Å²) in [5.41, 5.74) is 6.37. The van der Waals surface area contributed by atoms with Crippen LogP contribution in [0.2, 0.25) is 0 Å². The number of carbonyl (C=O) groups excluding carboxylic acids is 1. The molecule has 2 heterocycles. The standard InChI is InChI=1S/C25H21F3N4O3/c1-14(17-10-18(25(26,27)28)13-19(29)11-17)30-24(34)22-6-7-23(33)32(31-22)20-5-3-4-16(12-20)21-8-9-35-15(21)2/h3-14H,29H2,1-2H3,(H,30,34)/t14-/m1/s1. The molecule has 0 aliphatic carbocycles. The molecule has 4 aromatic rings. The molecule has 1 amide bonds. The summed E-state index contributed by atoms with van der Waals surface area (Å²) in [6.45, 7) is 3.34. The number of aryl methyl sites for hydroxylation is 1. The first-order chi connectivity index (χ1) is 16.5. The van der Waals surface area contributed by atoms with Crippen LogP contribution in [0.5, 0.6) is 0 Å². The van der Waals surface area contributed by atoms with Gasteiger partial charge in [-0.1, -0.05) is 12.1 Å². The topological polar surface area (TPSA) is 103 Å². The molecule has 0 unspecified atom stereocenters. The lowest BCUT2D eigenvalue weighted by molar-refractivity contribution is -0.137. The van der Waals surface area contributed by atoms with Crippen LogP contribution < -0.4 is 16.6 Å². The predicted molar refractivity (Wildman–Crippen MR) is 124 cm³/mol. The van der Waals surface area contributed by atoms with E-state index < -0.39 is 29.2 Å². The molecule has 0 saturated carbocycles. The molecule has 0 radical (unpaired) electrons. The van der Waals surface area contributed by atoms with Gasteiger partial charge in [-0.3, -0.25) is 9.59 Å². The molecule has 1 atom stereocenters. The summed E-state index contributed by atoms with van der Waals surface area (Å²) < 4.78 is 45.8. The average Bonchev–Trinajstić information content (AvgIpc) is 3.24. The quantitative estimate of drug-likeness (QED) is 0.394. The van der Waals surface area contributed by atoms with Gasteiger partial charge in [-0.2, -0.15) is 23.0 Å². The maximum absolute atomic E-state index is 13.1. The first kappa shape index (κ1) is 23.8. The van der Waals surface area contributed by atoms with E-state index in [-0.39, 0.29) is 16.9 Å². The van der Waals surface area contributed by atoms with E-state index in [1.807, 2.05) is 13.0 Å². The molecule has 2 aromatic heterocycles. The third-order valence-corrected chi connectivity index (χ3v) is 5.45. The molecule has 0 spiro atoms. The first-order valence-corrected chi connectivity index (χ1v) is 10.6. The minimum absolute atomic E-state index is 0.0738. The van der Waals surface area contributed by atoms with Crippen LogP contribution in [0.15, 0.2) is 76.1 Å². The summed E-state index contributed by atoms with van der Waals surface area (Å²) >= 11 is 0. The normalized spacial score (nSPS) is 12.4. The molecule has 0 bridgehead atoms. The van der Waals surface area contributed by atoms with Crippen molar-refractivity contribution in [1.82, 2.24) is 15.1 Å². The van der Waals surface area contributed by atoms with E-state index in [0.717, 1.165) is 27.9 Å². The second kappa shape index (κ2) is 9.13. The fraction of sp³-hybridized carbons (Fsp3) is 0.160. The Balaban J connectivity index is 1.61. The zero-order chi connectivity index (χ0) is 25.3. The lowest BCUT2D eigenvalue weighted by Crippen LogP contribution is -2.30. The number of nitrogen functional groups attached to an aromatic ring is 1. The van der Waals surface area contributed by atoms with Crippen LogP contribution in [-0.2, 0) is 6.18 Å². The van der Waals surface area contributed by atoms with Crippen molar-refractivity contribution in [3.63, 3.8) is 0 Å². The van der Waals surface area contributed by atoms with E-state index >= 15 is 0 Å². The van der Waals surface area contributed by atoms with E-state index in [1.165, 1.54) is 25.1 Å². The highest BCUT2D eigenvalue weighted by Gasteiger charge is 2.31. The summed E-state index contributed by atoms with van der Waals surface area (Å²) in [7, 11) is 0. The number of rotatable bonds is 5. The van der Waals surface area contributed by atoms with Crippen LogP contribution in [0, 0.1) is 6.92 Å². The largest absolute Gasteiger partial charge is 0.469 e. The van der Waals surface area contributed by atoms with E-state index in [4.69, 9.17) is 10.2 Å². The third-order valence-electron chi connectivity index (χ3n) is 5.45. The van der Waals surface area contributed by atoms with Gasteiger partial charge >= 0.3 is 6.18 Å². The number of amides is 1. The zero-order valence-corrected chi connectivity index (χ0v) is 18.8. The Morgan fingerprint density at radius 1 is 1.11 bits per heavy atom. The van der Waals surface area contributed by atoms with Crippen LogP contribution in [-0.4, -0.2) is 15.7 Å². The fourth-order valence-corrected chi connectivity index (χ4v) is 3.65. The van der Waals surface area contributed by atoms with E-state index in [0.29, 0.717) is 11.4 Å². The number of hydrogen-bond acceptors (Lipinski definition) is 5. The highest BCUT2D eigenvalue weighted by atomic mass is 19.4. The Bertz CT molecular complexity index is 1460. The maximum atomic E-state index is 13.1. The van der Waals surface area contributed by atoms with Gasteiger partial charge in [0.2, 0.25) is 0 Å². The SMILES string of the molecule is Cc1occc1-c1cccc(-n2nc(C(=O)N[C@H](C)c3cc(N)cc(C(F)(F)F)c3)ccc2=O)c1. The molecule has 0 saturated heterocycles. The van der Waals surface area contributed by atoms with Gasteiger partial charge in [0.1, 0.15) is 11.5 Å². The number of nitrogens with zero attached hydrogens (tertiary/aromatic N) is 2. The average molecular weight is 482 g/mol. The zero-order valence-electron chi connectivity index (χ0n) is 18.8. The van der Waals surface area contributed by atoms with Crippen LogP contribution in [0.3, 0.4) is 0 Å². The summed E-state index contributed by atoms with van der Waals surface area (Å²) in [6.07, 6.45) is -3.01. The minimum atomic E-state index is -4.57. The highest BCUT2D eigenvalue weighted by Crippen LogP contribution is 2.32. The molecular formula is C25H21F3N4O3. The lowest BCUT2D eigenvalue weighted by atomic mass is 10.0. The van der Waals surface area contributed by atoms with Crippen molar-refractivity contribution in [3.8, 4) is 16.8 Å². The molecular weight excluding hydrogens is 461 g/mol. The molecule has 0 aliphatic heterocycles. The van der Waals surface area contributed by atoms with Crippen LogP contribution in [0.1, 0.15) is 40.3 Å². The van der Waals surface area contributed by atoms with Gasteiger partial charge in [-0.25, -0.2) is 0 Å². The van der Waals surface area contributed by atoms with Crippen molar-refractivity contribution < 1.29 is 22.4 Å². The number of carbonyl (C=O) groups is 1. The fourth-order valence-electron chi connectivity index (χ4n) is 3.65. The Hall–Kier alpha value is -4.34. The number of anilines is 1. The summed E-state index contributed by atoms with van der Waals surface area (Å²) in [4.78, 5) is 25.3. The molecule has 0 fully saturated rings. The molecule has 180 valence electrons. The number of nitrogens with two attached hydrogens (primary N) is 1. The van der Waals surface area contributed by atoms with Crippen LogP contribution >= 0.6 is 0 Å². The first-order valence-electron chi connectivity index (χ1n) is 10.6. The Morgan fingerprint density at radius 3 is 2.57 bits per heavy atom. The lowest BCUT2D eigenvalue weighted by Gasteiger charge is -2.17. The molecule has 4 rings (SSSR count). The molecule has 7 nitrogen and oxygen atoms in total. The second-order valence-corrected chi connectivity index (χ2v) is 7.99. The van der Waals surface area contributed by atoms with Gasteiger partial charge < -0.3 is 15.5 Å². The third kappa shape index (κ3) is 5.11. The van der Waals surface area contributed by atoms with Crippen molar-refractivity contribution in [2.75, 3.05) is 5.73 Å². The van der Waals surface area contributed by atoms with E-state index in [2.05, 4.69) is 10.4 Å². The molecule has 3 N–H and O–H groups in total. The molecule has 10 heteroatoms. The van der Waals surface area contributed by atoms with Gasteiger partial charge in [0.25, 0.3) is 11.5 Å². The number of nitrogens with one attached hydrogen (secondary N) is 1. The summed E-state index contributed by atoms with van der Waals surface area (Å²) in [5.74, 6) is 0.0452. The number of aromatic nitrogens is 2. The number of benzene rings is 2. The number of furan rings is 1. The summed E-state index contributed by atoms with van der Waals surface area (Å²) in [5, 5.41) is 6.78. The van der Waals surface area contributed by atoms with Crippen molar-refractivity contribution in [3.05, 3.63) is 99.9 Å². The van der Waals surface area contributed by atoms with Gasteiger partial charge in [-0.05, 0) is 67.4 Å². The minimum Gasteiger partial charge on any atom is -0.469 e.